The molecule has 0 aliphatic rings. The molecule has 0 aliphatic carbocycles. The lowest BCUT2D eigenvalue weighted by molar-refractivity contribution is 0.0601. The van der Waals surface area contributed by atoms with Crippen LogP contribution in [0.2, 0.25) is 0 Å². The Morgan fingerprint density at radius 3 is 2.70 bits per heavy atom. The number of esters is 1. The Morgan fingerprint density at radius 1 is 1.45 bits per heavy atom. The van der Waals surface area contributed by atoms with Crippen molar-refractivity contribution in [1.29, 1.82) is 0 Å². The minimum atomic E-state index is -0.439. The number of carbonyl (C=O) groups excluding carboxylic acids is 1. The van der Waals surface area contributed by atoms with Gasteiger partial charge in [-0.25, -0.2) is 9.78 Å². The van der Waals surface area contributed by atoms with E-state index in [0.29, 0.717) is 36.1 Å². The van der Waals surface area contributed by atoms with Crippen molar-refractivity contribution >= 4 is 17.5 Å². The molecule has 6 heteroatoms. The third-order valence-electron chi connectivity index (χ3n) is 2.74. The van der Waals surface area contributed by atoms with Crippen molar-refractivity contribution in [2.75, 3.05) is 44.5 Å². The molecule has 0 aliphatic heterocycles. The van der Waals surface area contributed by atoms with Gasteiger partial charge in [-0.15, -0.1) is 0 Å². The first-order chi connectivity index (χ1) is 9.49. The number of rotatable bonds is 7. The van der Waals surface area contributed by atoms with E-state index in [1.165, 1.54) is 7.11 Å². The first kappa shape index (κ1) is 16.2. The van der Waals surface area contributed by atoms with Crippen LogP contribution >= 0.6 is 0 Å². The molecule has 1 rings (SSSR count). The van der Waals surface area contributed by atoms with E-state index in [1.54, 1.807) is 19.4 Å². The predicted molar refractivity (Wildman–Crippen MR) is 78.9 cm³/mol. The molecule has 0 unspecified atom stereocenters. The van der Waals surface area contributed by atoms with Gasteiger partial charge in [-0.1, -0.05) is 13.8 Å². The van der Waals surface area contributed by atoms with Gasteiger partial charge in [0.1, 0.15) is 11.4 Å². The Hall–Kier alpha value is -1.82. The number of carbonyl (C=O) groups is 1. The van der Waals surface area contributed by atoms with Gasteiger partial charge in [0, 0.05) is 20.2 Å². The minimum Gasteiger partial charge on any atom is -0.465 e. The number of nitrogen functional groups attached to an aromatic ring is 1. The second kappa shape index (κ2) is 7.69. The van der Waals surface area contributed by atoms with Crippen molar-refractivity contribution in [3.8, 4) is 0 Å². The molecule has 0 spiro atoms. The summed E-state index contributed by atoms with van der Waals surface area (Å²) in [6, 6.07) is 1.59. The first-order valence-electron chi connectivity index (χ1n) is 6.57. The summed E-state index contributed by atoms with van der Waals surface area (Å²) in [4.78, 5) is 18.2. The highest BCUT2D eigenvalue weighted by Crippen LogP contribution is 2.21. The lowest BCUT2D eigenvalue weighted by Gasteiger charge is -2.26. The summed E-state index contributed by atoms with van der Waals surface area (Å²) in [6.45, 7) is 6.18. The fraction of sp³-hybridized carbons (Fsp3) is 0.571. The van der Waals surface area contributed by atoms with Crippen LogP contribution in [0.15, 0.2) is 12.3 Å². The second-order valence-corrected chi connectivity index (χ2v) is 4.96. The minimum absolute atomic E-state index is 0.379. The fourth-order valence-corrected chi connectivity index (χ4v) is 1.91. The molecule has 6 nitrogen and oxygen atoms in total. The van der Waals surface area contributed by atoms with Crippen LogP contribution in [0.3, 0.4) is 0 Å². The quantitative estimate of drug-likeness (QED) is 0.764. The number of hydrogen-bond donors (Lipinski definition) is 1. The number of nitrogens with zero attached hydrogens (tertiary/aromatic N) is 2. The third-order valence-corrected chi connectivity index (χ3v) is 2.74. The molecular formula is C14H23N3O3. The lowest BCUT2D eigenvalue weighted by Crippen LogP contribution is -2.33. The lowest BCUT2D eigenvalue weighted by atomic mass is 10.1. The Morgan fingerprint density at radius 2 is 2.15 bits per heavy atom. The van der Waals surface area contributed by atoms with E-state index in [-0.39, 0.29) is 0 Å². The van der Waals surface area contributed by atoms with Crippen molar-refractivity contribution in [3.63, 3.8) is 0 Å². The molecule has 0 saturated carbocycles. The molecule has 1 aromatic rings. The highest BCUT2D eigenvalue weighted by molar-refractivity contribution is 5.95. The van der Waals surface area contributed by atoms with E-state index in [4.69, 9.17) is 15.2 Å². The number of hydrogen-bond acceptors (Lipinski definition) is 6. The van der Waals surface area contributed by atoms with Crippen LogP contribution < -0.4 is 10.6 Å². The average Bonchev–Trinajstić information content (AvgIpc) is 2.42. The number of anilines is 2. The molecule has 112 valence electrons. The maximum absolute atomic E-state index is 11.9. The Balaban J connectivity index is 3.13. The number of ether oxygens (including phenoxy) is 2. The summed E-state index contributed by atoms with van der Waals surface area (Å²) in [7, 11) is 2.99. The van der Waals surface area contributed by atoms with Gasteiger partial charge in [0.05, 0.1) is 25.6 Å². The maximum Gasteiger partial charge on any atom is 0.341 e. The highest BCUT2D eigenvalue weighted by Gasteiger charge is 2.19. The molecule has 0 saturated heterocycles. The number of pyridine rings is 1. The number of nitrogens with two attached hydrogens (primary N) is 1. The molecule has 0 amide bonds. The van der Waals surface area contributed by atoms with Crippen LogP contribution in [0, 0.1) is 5.92 Å². The van der Waals surface area contributed by atoms with E-state index in [0.717, 1.165) is 6.54 Å². The van der Waals surface area contributed by atoms with Crippen LogP contribution in [0.5, 0.6) is 0 Å². The van der Waals surface area contributed by atoms with Gasteiger partial charge in [-0.05, 0) is 12.0 Å². The maximum atomic E-state index is 11.9. The van der Waals surface area contributed by atoms with Crippen LogP contribution in [0.4, 0.5) is 11.5 Å². The van der Waals surface area contributed by atoms with E-state index in [9.17, 15) is 4.79 Å². The number of aromatic nitrogens is 1. The molecule has 2 N–H and O–H groups in total. The van der Waals surface area contributed by atoms with Crippen molar-refractivity contribution < 1.29 is 14.3 Å². The third kappa shape index (κ3) is 4.38. The zero-order chi connectivity index (χ0) is 15.1. The molecule has 20 heavy (non-hydrogen) atoms. The van der Waals surface area contributed by atoms with Crippen molar-refractivity contribution in [2.24, 2.45) is 5.92 Å². The molecule has 0 radical (unpaired) electrons. The summed E-state index contributed by atoms with van der Waals surface area (Å²) >= 11 is 0. The standard InChI is InChI=1S/C14H23N3O3/c1-10(2)9-17(5-6-19-3)13-12(14(18)20-4)7-11(15)8-16-13/h7-8,10H,5-6,9,15H2,1-4H3. The summed E-state index contributed by atoms with van der Waals surface area (Å²) < 4.78 is 9.91. The summed E-state index contributed by atoms with van der Waals surface area (Å²) in [5, 5.41) is 0. The zero-order valence-corrected chi connectivity index (χ0v) is 12.5. The predicted octanol–water partition coefficient (Wildman–Crippen LogP) is 1.56. The van der Waals surface area contributed by atoms with Gasteiger partial charge < -0.3 is 20.1 Å². The van der Waals surface area contributed by atoms with E-state index >= 15 is 0 Å². The SMILES string of the molecule is COCCN(CC(C)C)c1ncc(N)cc1C(=O)OC. The van der Waals surface area contributed by atoms with Gasteiger partial charge >= 0.3 is 5.97 Å². The smallest absolute Gasteiger partial charge is 0.341 e. The van der Waals surface area contributed by atoms with E-state index in [2.05, 4.69) is 18.8 Å². The Labute approximate surface area is 119 Å². The number of methoxy groups -OCH3 is 2. The van der Waals surface area contributed by atoms with Crippen molar-refractivity contribution in [2.45, 2.75) is 13.8 Å². The molecule has 1 aromatic heterocycles. The van der Waals surface area contributed by atoms with E-state index in [1.807, 2.05) is 4.90 Å². The molecular weight excluding hydrogens is 258 g/mol. The van der Waals surface area contributed by atoms with Crippen LogP contribution in [0.25, 0.3) is 0 Å². The topological polar surface area (TPSA) is 77.7 Å². The molecule has 0 atom stereocenters. The fourth-order valence-electron chi connectivity index (χ4n) is 1.91. The van der Waals surface area contributed by atoms with Crippen molar-refractivity contribution in [1.82, 2.24) is 4.98 Å². The van der Waals surface area contributed by atoms with Crippen LogP contribution in [-0.2, 0) is 9.47 Å². The van der Waals surface area contributed by atoms with Gasteiger partial charge in [0.25, 0.3) is 0 Å². The van der Waals surface area contributed by atoms with Gasteiger partial charge in [-0.2, -0.15) is 0 Å². The summed E-state index contributed by atoms with van der Waals surface area (Å²) in [5.41, 5.74) is 6.52. The Kier molecular flexibility index (Phi) is 6.24. The van der Waals surface area contributed by atoms with Crippen LogP contribution in [-0.4, -0.2) is 44.9 Å². The van der Waals surface area contributed by atoms with Gasteiger partial charge in [0.15, 0.2) is 0 Å². The highest BCUT2D eigenvalue weighted by atomic mass is 16.5. The summed E-state index contributed by atoms with van der Waals surface area (Å²) in [6.07, 6.45) is 1.54. The Bertz CT molecular complexity index is 449. The summed E-state index contributed by atoms with van der Waals surface area (Å²) in [5.74, 6) is 0.569. The van der Waals surface area contributed by atoms with Crippen molar-refractivity contribution in [3.05, 3.63) is 17.8 Å². The average molecular weight is 281 g/mol. The molecule has 1 heterocycles. The van der Waals surface area contributed by atoms with Gasteiger partial charge in [-0.3, -0.25) is 0 Å². The second-order valence-electron chi connectivity index (χ2n) is 4.96. The normalized spacial score (nSPS) is 10.7. The molecule has 0 fully saturated rings. The molecule has 0 bridgehead atoms. The largest absolute Gasteiger partial charge is 0.465 e. The monoisotopic (exact) mass is 281 g/mol. The van der Waals surface area contributed by atoms with Gasteiger partial charge in [0.2, 0.25) is 0 Å². The zero-order valence-electron chi connectivity index (χ0n) is 12.5. The molecule has 0 aromatic carbocycles. The first-order valence-corrected chi connectivity index (χ1v) is 6.57. The van der Waals surface area contributed by atoms with Crippen LogP contribution in [0.1, 0.15) is 24.2 Å². The van der Waals surface area contributed by atoms with E-state index < -0.39 is 5.97 Å².